The molecule has 4 rings (SSSR count). The smallest absolute Gasteiger partial charge is 0.130 e. The van der Waals surface area contributed by atoms with Gasteiger partial charge in [-0.25, -0.2) is 9.97 Å². The number of likely N-dealkylation sites (tertiary alicyclic amines) is 1. The molecule has 1 aliphatic heterocycles. The highest BCUT2D eigenvalue weighted by molar-refractivity contribution is 7.98. The molecule has 1 fully saturated rings. The fourth-order valence-corrected chi connectivity index (χ4v) is 4.92. The molecular weight excluding hydrogens is 344 g/mol. The Kier molecular flexibility index (Phi) is 5.24. The van der Waals surface area contributed by atoms with Crippen LogP contribution in [0.2, 0.25) is 0 Å². The van der Waals surface area contributed by atoms with Crippen molar-refractivity contribution in [2.45, 2.75) is 18.3 Å². The molecule has 6 heteroatoms. The molecule has 1 aliphatic carbocycles. The van der Waals surface area contributed by atoms with Crippen LogP contribution in [0.25, 0.3) is 5.57 Å². The second kappa shape index (κ2) is 7.78. The number of aliphatic hydroxyl groups is 1. The van der Waals surface area contributed by atoms with E-state index in [2.05, 4.69) is 45.2 Å². The van der Waals surface area contributed by atoms with E-state index < -0.39 is 0 Å². The van der Waals surface area contributed by atoms with Gasteiger partial charge in [0.2, 0.25) is 0 Å². The predicted octanol–water partition coefficient (Wildman–Crippen LogP) is 2.22. The van der Waals surface area contributed by atoms with Gasteiger partial charge in [0.05, 0.1) is 11.8 Å². The summed E-state index contributed by atoms with van der Waals surface area (Å²) in [6.45, 7) is 2.47. The highest BCUT2D eigenvalue weighted by Crippen LogP contribution is 2.31. The van der Waals surface area contributed by atoms with Crippen molar-refractivity contribution in [2.24, 2.45) is 5.92 Å². The number of rotatable bonds is 6. The first-order valence-corrected chi connectivity index (χ1v) is 10.2. The second-order valence-electron chi connectivity index (χ2n) is 7.04. The summed E-state index contributed by atoms with van der Waals surface area (Å²) in [7, 11) is 0. The van der Waals surface area contributed by atoms with Gasteiger partial charge < -0.3 is 10.8 Å². The molecule has 26 heavy (non-hydrogen) atoms. The number of thioether (sulfide) groups is 1. The molecule has 1 aromatic heterocycles. The van der Waals surface area contributed by atoms with Crippen LogP contribution in [-0.2, 0) is 12.2 Å². The van der Waals surface area contributed by atoms with Crippen molar-refractivity contribution in [3.05, 3.63) is 59.6 Å². The average molecular weight is 369 g/mol. The SMILES string of the molecule is Nc1ncnc2c1CC=C2CN1CC(O)[C@@H](CSCc2ccccc2)C1. The summed E-state index contributed by atoms with van der Waals surface area (Å²) in [5, 5.41) is 10.4. The summed E-state index contributed by atoms with van der Waals surface area (Å²) >= 11 is 1.90. The Bertz CT molecular complexity index is 796. The van der Waals surface area contributed by atoms with Gasteiger partial charge in [-0.15, -0.1) is 0 Å². The lowest BCUT2D eigenvalue weighted by molar-refractivity contribution is 0.151. The topological polar surface area (TPSA) is 75.3 Å². The number of nitrogen functional groups attached to an aromatic ring is 1. The van der Waals surface area contributed by atoms with Gasteiger partial charge in [0.25, 0.3) is 0 Å². The van der Waals surface area contributed by atoms with Crippen molar-refractivity contribution >= 4 is 23.2 Å². The van der Waals surface area contributed by atoms with Crippen molar-refractivity contribution in [2.75, 3.05) is 31.1 Å². The van der Waals surface area contributed by atoms with Crippen molar-refractivity contribution in [1.82, 2.24) is 14.9 Å². The number of aromatic nitrogens is 2. The Morgan fingerprint density at radius 1 is 1.19 bits per heavy atom. The average Bonchev–Trinajstić information content (AvgIpc) is 3.21. The molecule has 0 amide bonds. The van der Waals surface area contributed by atoms with E-state index >= 15 is 0 Å². The van der Waals surface area contributed by atoms with E-state index in [0.717, 1.165) is 48.8 Å². The van der Waals surface area contributed by atoms with Gasteiger partial charge in [0.1, 0.15) is 12.1 Å². The molecule has 0 bridgehead atoms. The third-order valence-electron chi connectivity index (χ3n) is 5.15. The van der Waals surface area contributed by atoms with Crippen molar-refractivity contribution < 1.29 is 5.11 Å². The van der Waals surface area contributed by atoms with Gasteiger partial charge >= 0.3 is 0 Å². The fourth-order valence-electron chi connectivity index (χ4n) is 3.74. The lowest BCUT2D eigenvalue weighted by atomic mass is 10.1. The maximum atomic E-state index is 10.4. The molecule has 1 saturated heterocycles. The molecule has 5 nitrogen and oxygen atoms in total. The first-order chi connectivity index (χ1) is 12.7. The van der Waals surface area contributed by atoms with Crippen LogP contribution in [0.1, 0.15) is 16.8 Å². The van der Waals surface area contributed by atoms with Crippen LogP contribution in [0.15, 0.2) is 42.7 Å². The highest BCUT2D eigenvalue weighted by Gasteiger charge is 2.32. The summed E-state index contributed by atoms with van der Waals surface area (Å²) in [5.41, 5.74) is 10.5. The van der Waals surface area contributed by atoms with E-state index in [0.29, 0.717) is 11.7 Å². The fraction of sp³-hybridized carbons (Fsp3) is 0.400. The van der Waals surface area contributed by atoms with Crippen LogP contribution >= 0.6 is 11.8 Å². The second-order valence-corrected chi connectivity index (χ2v) is 8.07. The van der Waals surface area contributed by atoms with Crippen LogP contribution < -0.4 is 5.73 Å². The summed E-state index contributed by atoms with van der Waals surface area (Å²) < 4.78 is 0. The standard InChI is InChI=1S/C20H24N4OS/c21-20-17-7-6-15(19(17)22-13-23-20)8-24-9-16(18(25)10-24)12-26-11-14-4-2-1-3-5-14/h1-6,13,16,18,25H,7-12H2,(H2,21,22,23)/t16-,18?/m1/s1. The summed E-state index contributed by atoms with van der Waals surface area (Å²) in [4.78, 5) is 10.8. The van der Waals surface area contributed by atoms with Crippen LogP contribution in [0.5, 0.6) is 0 Å². The van der Waals surface area contributed by atoms with Crippen LogP contribution in [0.4, 0.5) is 5.82 Å². The van der Waals surface area contributed by atoms with Gasteiger partial charge in [0, 0.05) is 42.6 Å². The minimum atomic E-state index is -0.254. The van der Waals surface area contributed by atoms with Gasteiger partial charge in [-0.05, 0) is 17.6 Å². The molecular formula is C20H24N4OS. The number of aliphatic hydroxyl groups excluding tert-OH is 1. The van der Waals surface area contributed by atoms with Crippen LogP contribution in [0, 0.1) is 5.92 Å². The Balaban J connectivity index is 1.30. The molecule has 2 aromatic rings. The number of benzene rings is 1. The van der Waals surface area contributed by atoms with Gasteiger partial charge in [-0.2, -0.15) is 11.8 Å². The first-order valence-electron chi connectivity index (χ1n) is 9.01. The molecule has 136 valence electrons. The van der Waals surface area contributed by atoms with Crippen molar-refractivity contribution in [3.63, 3.8) is 0 Å². The summed E-state index contributed by atoms with van der Waals surface area (Å²) in [5.74, 6) is 2.88. The molecule has 2 atom stereocenters. The predicted molar refractivity (Wildman–Crippen MR) is 107 cm³/mol. The van der Waals surface area contributed by atoms with Gasteiger partial charge in [-0.1, -0.05) is 36.4 Å². The summed E-state index contributed by atoms with van der Waals surface area (Å²) in [6, 6.07) is 10.5. The molecule has 2 heterocycles. The lowest BCUT2D eigenvalue weighted by Gasteiger charge is -2.16. The quantitative estimate of drug-likeness (QED) is 0.814. The summed E-state index contributed by atoms with van der Waals surface area (Å²) in [6.07, 6.45) is 4.29. The molecule has 0 radical (unpaired) electrons. The molecule has 0 spiro atoms. The first kappa shape index (κ1) is 17.5. The highest BCUT2D eigenvalue weighted by atomic mass is 32.2. The van der Waals surface area contributed by atoms with Crippen molar-refractivity contribution in [3.8, 4) is 0 Å². The zero-order valence-electron chi connectivity index (χ0n) is 14.7. The van der Waals surface area contributed by atoms with Crippen LogP contribution in [0.3, 0.4) is 0 Å². The molecule has 0 saturated carbocycles. The number of anilines is 1. The number of nitrogens with two attached hydrogens (primary N) is 1. The molecule has 2 aliphatic rings. The number of hydrogen-bond donors (Lipinski definition) is 2. The molecule has 1 aromatic carbocycles. The Hall–Kier alpha value is -1.89. The number of nitrogens with zero attached hydrogens (tertiary/aromatic N) is 3. The Morgan fingerprint density at radius 3 is 2.88 bits per heavy atom. The maximum Gasteiger partial charge on any atom is 0.130 e. The third kappa shape index (κ3) is 3.77. The van der Waals surface area contributed by atoms with E-state index in [1.54, 1.807) is 0 Å². The van der Waals surface area contributed by atoms with E-state index in [-0.39, 0.29) is 6.10 Å². The Morgan fingerprint density at radius 2 is 2.04 bits per heavy atom. The maximum absolute atomic E-state index is 10.4. The van der Waals surface area contributed by atoms with E-state index in [9.17, 15) is 5.11 Å². The zero-order chi connectivity index (χ0) is 17.9. The normalized spacial score (nSPS) is 22.4. The number of β-amino-alcohol motifs (C(OH)–C–C–N with tert-alkyl or cyclic N) is 1. The molecule has 1 unspecified atom stereocenters. The zero-order valence-corrected chi connectivity index (χ0v) is 15.5. The monoisotopic (exact) mass is 368 g/mol. The van der Waals surface area contributed by atoms with Gasteiger partial charge in [-0.3, -0.25) is 4.90 Å². The van der Waals surface area contributed by atoms with E-state index in [1.807, 2.05) is 17.8 Å². The van der Waals surface area contributed by atoms with Crippen molar-refractivity contribution in [1.29, 1.82) is 0 Å². The van der Waals surface area contributed by atoms with Gasteiger partial charge in [0.15, 0.2) is 0 Å². The van der Waals surface area contributed by atoms with E-state index in [4.69, 9.17) is 5.73 Å². The minimum absolute atomic E-state index is 0.254. The van der Waals surface area contributed by atoms with Crippen LogP contribution in [-0.4, -0.2) is 51.5 Å². The lowest BCUT2D eigenvalue weighted by Crippen LogP contribution is -2.24. The number of fused-ring (bicyclic) bond motifs is 1. The number of hydrogen-bond acceptors (Lipinski definition) is 6. The largest absolute Gasteiger partial charge is 0.391 e. The van der Waals surface area contributed by atoms with E-state index in [1.165, 1.54) is 17.5 Å². The molecule has 3 N–H and O–H groups in total. The Labute approximate surface area is 158 Å². The number of allylic oxidation sites excluding steroid dienone is 1. The third-order valence-corrected chi connectivity index (χ3v) is 6.36. The minimum Gasteiger partial charge on any atom is -0.391 e.